The molecule has 0 radical (unpaired) electrons. The Labute approximate surface area is 126 Å². The van der Waals surface area contributed by atoms with Gasteiger partial charge in [0.05, 0.1) is 0 Å². The zero-order chi connectivity index (χ0) is 13.8. The van der Waals surface area contributed by atoms with E-state index in [9.17, 15) is 4.79 Å². The van der Waals surface area contributed by atoms with E-state index in [1.54, 1.807) is 11.3 Å². The van der Waals surface area contributed by atoms with Gasteiger partial charge in [0, 0.05) is 23.9 Å². The zero-order valence-corrected chi connectivity index (χ0v) is 13.0. The van der Waals surface area contributed by atoms with Crippen LogP contribution in [0, 0.1) is 5.92 Å². The third-order valence-electron chi connectivity index (χ3n) is 4.96. The lowest BCUT2D eigenvalue weighted by atomic mass is 9.78. The summed E-state index contributed by atoms with van der Waals surface area (Å²) in [5.74, 6) is 1.22. The number of hydrogen-bond donors (Lipinski definition) is 0. The van der Waals surface area contributed by atoms with Crippen LogP contribution >= 0.6 is 11.3 Å². The van der Waals surface area contributed by atoms with Gasteiger partial charge in [-0.2, -0.15) is 0 Å². The van der Waals surface area contributed by atoms with E-state index < -0.39 is 0 Å². The molecule has 2 aliphatic rings. The summed E-state index contributed by atoms with van der Waals surface area (Å²) in [5.41, 5.74) is 0. The Morgan fingerprint density at radius 2 is 2.10 bits per heavy atom. The maximum Gasteiger partial charge on any atom is 0.222 e. The molecule has 2 atom stereocenters. The number of carbonyl (C=O) groups excluding carboxylic acids is 1. The molecule has 110 valence electrons. The minimum atomic E-state index is 0.415. The van der Waals surface area contributed by atoms with Crippen molar-refractivity contribution in [2.45, 2.75) is 63.8 Å². The predicted molar refractivity (Wildman–Crippen MR) is 84.0 cm³/mol. The predicted octanol–water partition coefficient (Wildman–Crippen LogP) is 4.25. The van der Waals surface area contributed by atoms with Gasteiger partial charge in [-0.25, -0.2) is 0 Å². The van der Waals surface area contributed by atoms with Gasteiger partial charge in [-0.05, 0) is 55.9 Å². The van der Waals surface area contributed by atoms with E-state index in [4.69, 9.17) is 0 Å². The molecule has 2 heterocycles. The summed E-state index contributed by atoms with van der Waals surface area (Å²) in [6, 6.07) is 4.85. The Morgan fingerprint density at radius 3 is 2.95 bits per heavy atom. The number of piperidine rings is 1. The van der Waals surface area contributed by atoms with Crippen LogP contribution < -0.4 is 0 Å². The lowest BCUT2D eigenvalue weighted by molar-refractivity contribution is -0.137. The van der Waals surface area contributed by atoms with Gasteiger partial charge in [-0.15, -0.1) is 11.3 Å². The molecule has 2 fully saturated rings. The number of likely N-dealkylation sites (tertiary alicyclic amines) is 1. The first-order chi connectivity index (χ1) is 9.84. The summed E-state index contributed by atoms with van der Waals surface area (Å²) >= 11 is 1.80. The number of amides is 1. The van der Waals surface area contributed by atoms with Crippen molar-refractivity contribution < 1.29 is 4.79 Å². The molecule has 1 aliphatic heterocycles. The molecule has 3 heteroatoms. The van der Waals surface area contributed by atoms with Gasteiger partial charge in [-0.3, -0.25) is 4.79 Å². The van der Waals surface area contributed by atoms with Crippen LogP contribution in [0.4, 0.5) is 0 Å². The maximum atomic E-state index is 12.5. The van der Waals surface area contributed by atoms with Crippen molar-refractivity contribution in [3.63, 3.8) is 0 Å². The second-order valence-electron chi connectivity index (χ2n) is 6.27. The van der Waals surface area contributed by atoms with E-state index in [2.05, 4.69) is 22.4 Å². The Kier molecular flexibility index (Phi) is 4.77. The van der Waals surface area contributed by atoms with Crippen LogP contribution in [0.2, 0.25) is 0 Å². The molecule has 1 aromatic heterocycles. The topological polar surface area (TPSA) is 20.3 Å². The first kappa shape index (κ1) is 14.1. The summed E-state index contributed by atoms with van der Waals surface area (Å²) in [7, 11) is 0. The Morgan fingerprint density at radius 1 is 1.25 bits per heavy atom. The molecule has 0 spiro atoms. The molecule has 3 rings (SSSR count). The van der Waals surface area contributed by atoms with Gasteiger partial charge in [0.15, 0.2) is 0 Å². The second kappa shape index (κ2) is 6.75. The molecular weight excluding hydrogens is 266 g/mol. The fraction of sp³-hybridized carbons (Fsp3) is 0.706. The molecule has 20 heavy (non-hydrogen) atoms. The van der Waals surface area contributed by atoms with Crippen molar-refractivity contribution in [3.8, 4) is 0 Å². The van der Waals surface area contributed by atoms with Crippen LogP contribution in [-0.4, -0.2) is 23.4 Å². The molecule has 1 aromatic rings. The van der Waals surface area contributed by atoms with E-state index in [-0.39, 0.29) is 0 Å². The fourth-order valence-electron chi connectivity index (χ4n) is 3.95. The molecule has 0 N–H and O–H groups in total. The van der Waals surface area contributed by atoms with Crippen molar-refractivity contribution in [2.75, 3.05) is 6.54 Å². The maximum absolute atomic E-state index is 12.5. The SMILES string of the molecule is O=C(CCCc1cccs1)N1CCCC2CCCCC21. The van der Waals surface area contributed by atoms with Crippen molar-refractivity contribution in [2.24, 2.45) is 5.92 Å². The molecule has 1 saturated heterocycles. The molecule has 1 saturated carbocycles. The summed E-state index contributed by atoms with van der Waals surface area (Å²) in [6.07, 6.45) is 10.7. The van der Waals surface area contributed by atoms with E-state index in [1.165, 1.54) is 43.4 Å². The molecule has 1 aliphatic carbocycles. The minimum absolute atomic E-state index is 0.415. The second-order valence-corrected chi connectivity index (χ2v) is 7.31. The average molecular weight is 291 g/mol. The van der Waals surface area contributed by atoms with Gasteiger partial charge in [-0.1, -0.05) is 18.9 Å². The number of thiophene rings is 1. The molecule has 1 amide bonds. The largest absolute Gasteiger partial charge is 0.339 e. The quantitative estimate of drug-likeness (QED) is 0.812. The highest BCUT2D eigenvalue weighted by Gasteiger charge is 2.35. The highest BCUT2D eigenvalue weighted by Crippen LogP contribution is 2.35. The first-order valence-corrected chi connectivity index (χ1v) is 9.04. The van der Waals surface area contributed by atoms with Gasteiger partial charge < -0.3 is 4.90 Å². The van der Waals surface area contributed by atoms with Crippen LogP contribution in [0.1, 0.15) is 56.2 Å². The Balaban J connectivity index is 1.50. The Hall–Kier alpha value is -0.830. The van der Waals surface area contributed by atoms with Gasteiger partial charge in [0.2, 0.25) is 5.91 Å². The summed E-state index contributed by atoms with van der Waals surface area (Å²) in [5, 5.41) is 2.12. The van der Waals surface area contributed by atoms with Crippen LogP contribution in [0.25, 0.3) is 0 Å². The lowest BCUT2D eigenvalue weighted by Crippen LogP contribution is -2.49. The zero-order valence-electron chi connectivity index (χ0n) is 12.2. The van der Waals surface area contributed by atoms with Crippen molar-refractivity contribution in [1.29, 1.82) is 0 Å². The third-order valence-corrected chi connectivity index (χ3v) is 5.89. The first-order valence-electron chi connectivity index (χ1n) is 8.16. The fourth-order valence-corrected chi connectivity index (χ4v) is 4.70. The normalized spacial score (nSPS) is 26.3. The molecule has 2 unspecified atom stereocenters. The van der Waals surface area contributed by atoms with Gasteiger partial charge in [0.1, 0.15) is 0 Å². The summed E-state index contributed by atoms with van der Waals surface area (Å²) < 4.78 is 0. The van der Waals surface area contributed by atoms with Crippen LogP contribution in [0.15, 0.2) is 17.5 Å². The number of rotatable bonds is 4. The van der Waals surface area contributed by atoms with Gasteiger partial charge in [0.25, 0.3) is 0 Å². The lowest BCUT2D eigenvalue weighted by Gasteiger charge is -2.44. The van der Waals surface area contributed by atoms with Gasteiger partial charge >= 0.3 is 0 Å². The number of carbonyl (C=O) groups is 1. The van der Waals surface area contributed by atoms with Crippen LogP contribution in [0.3, 0.4) is 0 Å². The third kappa shape index (κ3) is 3.25. The van der Waals surface area contributed by atoms with E-state index in [0.717, 1.165) is 31.7 Å². The average Bonchev–Trinajstić information content (AvgIpc) is 3.00. The molecular formula is C17H25NOS. The summed E-state index contributed by atoms with van der Waals surface area (Å²) in [4.78, 5) is 16.2. The van der Waals surface area contributed by atoms with Crippen molar-refractivity contribution in [1.82, 2.24) is 4.90 Å². The standard InChI is InChI=1S/C17H25NOS/c19-17(11-3-8-15-9-5-13-20-15)18-12-4-7-14-6-1-2-10-16(14)18/h5,9,13-14,16H,1-4,6-8,10-12H2. The molecule has 0 aromatic carbocycles. The smallest absolute Gasteiger partial charge is 0.222 e. The Bertz CT molecular complexity index is 426. The van der Waals surface area contributed by atoms with E-state index in [0.29, 0.717) is 11.9 Å². The van der Waals surface area contributed by atoms with Crippen molar-refractivity contribution in [3.05, 3.63) is 22.4 Å². The number of aryl methyl sites for hydroxylation is 1. The number of fused-ring (bicyclic) bond motifs is 1. The van der Waals surface area contributed by atoms with E-state index in [1.807, 2.05) is 0 Å². The van der Waals surface area contributed by atoms with Crippen molar-refractivity contribution >= 4 is 17.2 Å². The van der Waals surface area contributed by atoms with Crippen LogP contribution in [0.5, 0.6) is 0 Å². The van der Waals surface area contributed by atoms with E-state index >= 15 is 0 Å². The molecule has 2 nitrogen and oxygen atoms in total. The monoisotopic (exact) mass is 291 g/mol. The number of hydrogen-bond acceptors (Lipinski definition) is 2. The highest BCUT2D eigenvalue weighted by molar-refractivity contribution is 7.09. The van der Waals surface area contributed by atoms with Crippen LogP contribution in [-0.2, 0) is 11.2 Å². The summed E-state index contributed by atoms with van der Waals surface area (Å²) in [6.45, 7) is 1.01. The molecule has 0 bridgehead atoms. The highest BCUT2D eigenvalue weighted by atomic mass is 32.1. The minimum Gasteiger partial charge on any atom is -0.339 e. The number of nitrogens with zero attached hydrogens (tertiary/aromatic N) is 1.